The van der Waals surface area contributed by atoms with E-state index in [-0.39, 0.29) is 23.2 Å². The highest BCUT2D eigenvalue weighted by Crippen LogP contribution is 2.38. The SMILES string of the molecule is CC[C@H]1CCc2sc(-c3nnc(SCC(=O)c4c(N)n(C5CC5)c(=O)[nH]c4=O)n3C)cc2C1. The van der Waals surface area contributed by atoms with Crippen LogP contribution in [0, 0.1) is 5.92 Å². The molecule has 9 nitrogen and oxygen atoms in total. The van der Waals surface area contributed by atoms with E-state index in [0.717, 1.165) is 42.3 Å². The number of hydrogen-bond acceptors (Lipinski definition) is 8. The number of anilines is 1. The molecule has 0 amide bonds. The first-order chi connectivity index (χ1) is 15.9. The van der Waals surface area contributed by atoms with Gasteiger partial charge >= 0.3 is 5.69 Å². The predicted molar refractivity (Wildman–Crippen MR) is 129 cm³/mol. The van der Waals surface area contributed by atoms with E-state index in [1.165, 1.54) is 39.6 Å². The molecule has 0 saturated heterocycles. The summed E-state index contributed by atoms with van der Waals surface area (Å²) in [5.41, 5.74) is 6.01. The molecule has 0 aliphatic heterocycles. The molecule has 33 heavy (non-hydrogen) atoms. The fourth-order valence-corrected chi connectivity index (χ4v) is 6.46. The van der Waals surface area contributed by atoms with Gasteiger partial charge < -0.3 is 10.3 Å². The van der Waals surface area contributed by atoms with Crippen LogP contribution in [0.25, 0.3) is 10.7 Å². The summed E-state index contributed by atoms with van der Waals surface area (Å²) in [6.45, 7) is 2.25. The number of thioether (sulfide) groups is 1. The molecule has 1 fully saturated rings. The first kappa shape index (κ1) is 22.1. The van der Waals surface area contributed by atoms with Crippen molar-refractivity contribution in [3.8, 4) is 10.7 Å². The van der Waals surface area contributed by atoms with Gasteiger partial charge in [-0.25, -0.2) is 4.79 Å². The van der Waals surface area contributed by atoms with Gasteiger partial charge in [0.2, 0.25) is 0 Å². The maximum atomic E-state index is 12.9. The van der Waals surface area contributed by atoms with Crippen molar-refractivity contribution in [2.75, 3.05) is 11.5 Å². The lowest BCUT2D eigenvalue weighted by atomic mass is 9.87. The Labute approximate surface area is 198 Å². The number of rotatable bonds is 7. The van der Waals surface area contributed by atoms with E-state index < -0.39 is 17.0 Å². The number of H-pyrrole nitrogens is 1. The maximum absolute atomic E-state index is 12.9. The number of aromatic nitrogens is 5. The molecule has 11 heteroatoms. The number of Topliss-reactive ketones (excluding diaryl/α,β-unsaturated/α-hetero) is 1. The zero-order chi connectivity index (χ0) is 23.3. The van der Waals surface area contributed by atoms with Gasteiger partial charge in [0, 0.05) is 18.0 Å². The molecule has 0 spiro atoms. The zero-order valence-corrected chi connectivity index (χ0v) is 20.2. The first-order valence-corrected chi connectivity index (χ1v) is 13.0. The van der Waals surface area contributed by atoms with E-state index in [1.54, 1.807) is 11.3 Å². The van der Waals surface area contributed by atoms with Crippen molar-refractivity contribution in [2.45, 2.75) is 56.6 Å². The van der Waals surface area contributed by atoms with Crippen LogP contribution < -0.4 is 17.0 Å². The number of carbonyl (C=O) groups excluding carboxylic acids is 1. The van der Waals surface area contributed by atoms with E-state index in [9.17, 15) is 14.4 Å². The third-order valence-electron chi connectivity index (χ3n) is 6.52. The molecular weight excluding hydrogens is 460 g/mol. The van der Waals surface area contributed by atoms with Crippen LogP contribution in [0.4, 0.5) is 5.82 Å². The van der Waals surface area contributed by atoms with Crippen LogP contribution in [0.5, 0.6) is 0 Å². The lowest BCUT2D eigenvalue weighted by molar-refractivity contribution is 0.102. The third kappa shape index (κ3) is 4.08. The number of nitrogens with two attached hydrogens (primary N) is 1. The molecule has 0 aromatic carbocycles. The number of thiophene rings is 1. The van der Waals surface area contributed by atoms with E-state index in [1.807, 2.05) is 11.6 Å². The molecule has 5 rings (SSSR count). The Hall–Kier alpha value is -2.66. The van der Waals surface area contributed by atoms with Crippen LogP contribution >= 0.6 is 23.1 Å². The van der Waals surface area contributed by atoms with Crippen molar-refractivity contribution in [3.05, 3.63) is 42.9 Å². The summed E-state index contributed by atoms with van der Waals surface area (Å²) < 4.78 is 3.20. The van der Waals surface area contributed by atoms with Gasteiger partial charge in [-0.1, -0.05) is 25.1 Å². The number of hydrogen-bond donors (Lipinski definition) is 2. The number of nitrogen functional groups attached to an aromatic ring is 1. The van der Waals surface area contributed by atoms with Gasteiger partial charge in [0.25, 0.3) is 5.56 Å². The van der Waals surface area contributed by atoms with E-state index >= 15 is 0 Å². The predicted octanol–water partition coefficient (Wildman–Crippen LogP) is 2.80. The van der Waals surface area contributed by atoms with Crippen LogP contribution in [-0.4, -0.2) is 35.9 Å². The van der Waals surface area contributed by atoms with Crippen molar-refractivity contribution in [3.63, 3.8) is 0 Å². The molecule has 3 N–H and O–H groups in total. The van der Waals surface area contributed by atoms with Crippen molar-refractivity contribution < 1.29 is 4.79 Å². The minimum atomic E-state index is -0.742. The van der Waals surface area contributed by atoms with Crippen LogP contribution in [0.15, 0.2) is 20.8 Å². The summed E-state index contributed by atoms with van der Waals surface area (Å²) in [6, 6.07) is 2.19. The number of ketones is 1. The average Bonchev–Trinajstić information content (AvgIpc) is 3.41. The van der Waals surface area contributed by atoms with Gasteiger partial charge in [0.05, 0.1) is 10.6 Å². The standard InChI is InChI=1S/C22H26N6O3S2/c1-3-11-4-7-15-12(8-11)9-16(33-15)19-25-26-22(27(19)2)32-10-14(29)17-18(23)28(13-5-6-13)21(31)24-20(17)30/h9,11,13H,3-8,10,23H2,1-2H3,(H,24,30,31)/t11-/m0/s1. The largest absolute Gasteiger partial charge is 0.384 e. The Balaban J connectivity index is 1.34. The lowest BCUT2D eigenvalue weighted by Gasteiger charge is -2.19. The van der Waals surface area contributed by atoms with Gasteiger partial charge in [-0.05, 0) is 49.7 Å². The molecule has 2 aliphatic carbocycles. The minimum absolute atomic E-state index is 0.0265. The Morgan fingerprint density at radius 3 is 2.82 bits per heavy atom. The molecule has 3 heterocycles. The molecule has 1 saturated carbocycles. The molecule has 2 aliphatic rings. The fourth-order valence-electron chi connectivity index (χ4n) is 4.45. The summed E-state index contributed by atoms with van der Waals surface area (Å²) >= 11 is 2.98. The van der Waals surface area contributed by atoms with E-state index in [4.69, 9.17) is 5.73 Å². The summed E-state index contributed by atoms with van der Waals surface area (Å²) in [4.78, 5) is 42.0. The Kier molecular flexibility index (Phi) is 5.77. The molecular formula is C22H26N6O3S2. The highest BCUT2D eigenvalue weighted by atomic mass is 32.2. The number of carbonyl (C=O) groups is 1. The molecule has 0 radical (unpaired) electrons. The second-order valence-corrected chi connectivity index (χ2v) is 10.9. The van der Waals surface area contributed by atoms with E-state index in [0.29, 0.717) is 5.16 Å². The Bertz CT molecular complexity index is 1350. The monoisotopic (exact) mass is 486 g/mol. The molecule has 174 valence electrons. The highest BCUT2D eigenvalue weighted by molar-refractivity contribution is 7.99. The second-order valence-electron chi connectivity index (χ2n) is 8.77. The molecule has 3 aromatic heterocycles. The quantitative estimate of drug-likeness (QED) is 0.388. The topological polar surface area (TPSA) is 129 Å². The second kappa shape index (κ2) is 8.60. The fraction of sp³-hybridized carbons (Fsp3) is 0.500. The summed E-state index contributed by atoms with van der Waals surface area (Å²) in [5.74, 6) is 1.01. The van der Waals surface area contributed by atoms with Crippen LogP contribution in [0.1, 0.15) is 59.4 Å². The van der Waals surface area contributed by atoms with E-state index in [2.05, 4.69) is 28.2 Å². The lowest BCUT2D eigenvalue weighted by Crippen LogP contribution is -2.36. The number of aromatic amines is 1. The number of aryl methyl sites for hydroxylation is 1. The van der Waals surface area contributed by atoms with Gasteiger partial charge in [-0.2, -0.15) is 0 Å². The molecule has 1 atom stereocenters. The smallest absolute Gasteiger partial charge is 0.330 e. The third-order valence-corrected chi connectivity index (χ3v) is 8.78. The Morgan fingerprint density at radius 2 is 2.09 bits per heavy atom. The number of nitrogens with zero attached hydrogens (tertiary/aromatic N) is 4. The zero-order valence-electron chi connectivity index (χ0n) is 18.6. The van der Waals surface area contributed by atoms with Gasteiger partial charge in [-0.15, -0.1) is 21.5 Å². The van der Waals surface area contributed by atoms with Crippen molar-refractivity contribution in [1.29, 1.82) is 0 Å². The summed E-state index contributed by atoms with van der Waals surface area (Å²) in [7, 11) is 1.88. The normalized spacial score (nSPS) is 17.8. The first-order valence-electron chi connectivity index (χ1n) is 11.2. The summed E-state index contributed by atoms with van der Waals surface area (Å²) in [5, 5.41) is 9.22. The van der Waals surface area contributed by atoms with Gasteiger partial charge in [-0.3, -0.25) is 19.1 Å². The van der Waals surface area contributed by atoms with Crippen molar-refractivity contribution in [2.24, 2.45) is 13.0 Å². The molecule has 3 aromatic rings. The van der Waals surface area contributed by atoms with Crippen molar-refractivity contribution >= 4 is 34.7 Å². The number of fused-ring (bicyclic) bond motifs is 1. The summed E-state index contributed by atoms with van der Waals surface area (Å²) in [6.07, 6.45) is 6.30. The highest BCUT2D eigenvalue weighted by Gasteiger charge is 2.30. The van der Waals surface area contributed by atoms with Crippen molar-refractivity contribution in [1.82, 2.24) is 24.3 Å². The molecule has 0 unspecified atom stereocenters. The maximum Gasteiger partial charge on any atom is 0.330 e. The molecule has 0 bridgehead atoms. The van der Waals surface area contributed by atoms with Gasteiger partial charge in [0.1, 0.15) is 11.4 Å². The minimum Gasteiger partial charge on any atom is -0.384 e. The number of nitrogens with one attached hydrogen (secondary N) is 1. The van der Waals surface area contributed by atoms with Gasteiger partial charge in [0.15, 0.2) is 16.8 Å². The van der Waals surface area contributed by atoms with Crippen LogP contribution in [0.3, 0.4) is 0 Å². The average molecular weight is 487 g/mol. The Morgan fingerprint density at radius 1 is 1.30 bits per heavy atom. The van der Waals surface area contributed by atoms with Crippen LogP contribution in [-0.2, 0) is 19.9 Å². The van der Waals surface area contributed by atoms with Crippen LogP contribution in [0.2, 0.25) is 0 Å².